The molecule has 21 heavy (non-hydrogen) atoms. The van der Waals surface area contributed by atoms with E-state index in [0.717, 1.165) is 13.1 Å². The van der Waals surface area contributed by atoms with Gasteiger partial charge in [-0.2, -0.15) is 5.10 Å². The van der Waals surface area contributed by atoms with E-state index in [4.69, 9.17) is 4.74 Å². The second kappa shape index (κ2) is 9.14. The number of hydrogen-bond donors (Lipinski definition) is 2. The van der Waals surface area contributed by atoms with Gasteiger partial charge in [-0.25, -0.2) is 13.1 Å². The van der Waals surface area contributed by atoms with Crippen LogP contribution >= 0.6 is 0 Å². The lowest BCUT2D eigenvalue weighted by Gasteiger charge is -2.07. The van der Waals surface area contributed by atoms with Gasteiger partial charge < -0.3 is 10.1 Å². The minimum absolute atomic E-state index is 0.183. The average molecular weight is 318 g/mol. The lowest BCUT2D eigenvalue weighted by molar-refractivity contribution is 0.114. The molecule has 0 atom stereocenters. The second-order valence-electron chi connectivity index (χ2n) is 5.16. The maximum atomic E-state index is 12.0. The van der Waals surface area contributed by atoms with Crippen molar-refractivity contribution in [2.45, 2.75) is 32.2 Å². The summed E-state index contributed by atoms with van der Waals surface area (Å²) in [5, 5.41) is 7.21. The molecule has 0 radical (unpaired) electrons. The van der Waals surface area contributed by atoms with Gasteiger partial charge in [-0.15, -0.1) is 0 Å². The molecule has 0 unspecified atom stereocenters. The number of rotatable bonds is 11. The standard InChI is InChI=1S/C13H26N4O3S/c1-4-14-5-7-17-10-13(9-15-17)21(18,19)16-6-8-20-11-12(2)3/h9-10,12,14,16H,4-8,11H2,1-3H3. The number of ether oxygens (including phenoxy) is 1. The van der Waals surface area contributed by atoms with E-state index in [2.05, 4.69) is 15.1 Å². The maximum Gasteiger partial charge on any atom is 0.243 e. The summed E-state index contributed by atoms with van der Waals surface area (Å²) in [6.07, 6.45) is 2.90. The quantitative estimate of drug-likeness (QED) is 0.579. The molecular formula is C13H26N4O3S. The minimum atomic E-state index is -3.50. The second-order valence-corrected chi connectivity index (χ2v) is 6.93. The summed E-state index contributed by atoms with van der Waals surface area (Å²) in [6.45, 7) is 9.65. The first-order chi connectivity index (χ1) is 9.95. The van der Waals surface area contributed by atoms with E-state index in [9.17, 15) is 8.42 Å². The van der Waals surface area contributed by atoms with E-state index < -0.39 is 10.0 Å². The fourth-order valence-electron chi connectivity index (χ4n) is 1.63. The van der Waals surface area contributed by atoms with Crippen molar-refractivity contribution in [2.24, 2.45) is 5.92 Å². The zero-order valence-electron chi connectivity index (χ0n) is 13.0. The number of sulfonamides is 1. The van der Waals surface area contributed by atoms with Crippen LogP contribution in [-0.4, -0.2) is 51.0 Å². The molecule has 0 aliphatic carbocycles. The van der Waals surface area contributed by atoms with Crippen LogP contribution in [0.3, 0.4) is 0 Å². The van der Waals surface area contributed by atoms with Crippen molar-refractivity contribution in [3.05, 3.63) is 12.4 Å². The van der Waals surface area contributed by atoms with Gasteiger partial charge in [0.15, 0.2) is 0 Å². The molecule has 0 aromatic carbocycles. The summed E-state index contributed by atoms with van der Waals surface area (Å²) in [7, 11) is -3.50. The van der Waals surface area contributed by atoms with Crippen LogP contribution in [0.25, 0.3) is 0 Å². The fourth-order valence-corrected chi connectivity index (χ4v) is 2.59. The topological polar surface area (TPSA) is 85.2 Å². The van der Waals surface area contributed by atoms with Gasteiger partial charge in [-0.05, 0) is 12.5 Å². The van der Waals surface area contributed by atoms with Gasteiger partial charge in [-0.1, -0.05) is 20.8 Å². The third kappa shape index (κ3) is 7.03. The van der Waals surface area contributed by atoms with Crippen molar-refractivity contribution in [1.82, 2.24) is 19.8 Å². The summed E-state index contributed by atoms with van der Waals surface area (Å²) in [4.78, 5) is 0.183. The Hall–Kier alpha value is -0.960. The largest absolute Gasteiger partial charge is 0.380 e. The molecule has 0 aliphatic rings. The van der Waals surface area contributed by atoms with Crippen molar-refractivity contribution in [3.63, 3.8) is 0 Å². The van der Waals surface area contributed by atoms with E-state index in [1.165, 1.54) is 12.4 Å². The molecule has 0 amide bonds. The first-order valence-electron chi connectivity index (χ1n) is 7.26. The van der Waals surface area contributed by atoms with Crippen LogP contribution < -0.4 is 10.0 Å². The molecule has 0 saturated heterocycles. The van der Waals surface area contributed by atoms with Crippen LogP contribution in [0, 0.1) is 5.92 Å². The Balaban J connectivity index is 2.39. The highest BCUT2D eigenvalue weighted by Crippen LogP contribution is 2.06. The Labute approximate surface area is 127 Å². The van der Waals surface area contributed by atoms with Gasteiger partial charge in [0.1, 0.15) is 4.90 Å². The molecule has 122 valence electrons. The van der Waals surface area contributed by atoms with Crippen LogP contribution in [0.4, 0.5) is 0 Å². The predicted octanol–water partition coefficient (Wildman–Crippen LogP) is 0.444. The molecule has 0 spiro atoms. The monoisotopic (exact) mass is 318 g/mol. The maximum absolute atomic E-state index is 12.0. The predicted molar refractivity (Wildman–Crippen MR) is 81.6 cm³/mol. The Morgan fingerprint density at radius 2 is 2.14 bits per heavy atom. The van der Waals surface area contributed by atoms with Crippen LogP contribution in [0.15, 0.2) is 17.3 Å². The van der Waals surface area contributed by atoms with E-state index in [1.54, 1.807) is 4.68 Å². The summed E-state index contributed by atoms with van der Waals surface area (Å²) < 4.78 is 33.5. The van der Waals surface area contributed by atoms with Crippen molar-refractivity contribution in [1.29, 1.82) is 0 Å². The Bertz CT molecular complexity index is 499. The average Bonchev–Trinajstić information content (AvgIpc) is 2.88. The molecule has 0 fully saturated rings. The molecule has 0 bridgehead atoms. The molecule has 2 N–H and O–H groups in total. The van der Waals surface area contributed by atoms with Crippen molar-refractivity contribution in [2.75, 3.05) is 32.8 Å². The minimum Gasteiger partial charge on any atom is -0.380 e. The number of likely N-dealkylation sites (N-methyl/N-ethyl adjacent to an activating group) is 1. The van der Waals surface area contributed by atoms with Gasteiger partial charge in [-0.3, -0.25) is 4.68 Å². The first kappa shape index (κ1) is 18.1. The lowest BCUT2D eigenvalue weighted by Crippen LogP contribution is -2.27. The van der Waals surface area contributed by atoms with Crippen LogP contribution in [0.1, 0.15) is 20.8 Å². The third-order valence-electron chi connectivity index (χ3n) is 2.68. The third-order valence-corrected chi connectivity index (χ3v) is 4.09. The van der Waals surface area contributed by atoms with Crippen LogP contribution in [-0.2, 0) is 21.3 Å². The Morgan fingerprint density at radius 1 is 1.38 bits per heavy atom. The van der Waals surface area contributed by atoms with Gasteiger partial charge in [0.2, 0.25) is 10.0 Å². The van der Waals surface area contributed by atoms with E-state index in [-0.39, 0.29) is 11.4 Å². The van der Waals surface area contributed by atoms with Crippen molar-refractivity contribution >= 4 is 10.0 Å². The highest BCUT2D eigenvalue weighted by atomic mass is 32.2. The number of hydrogen-bond acceptors (Lipinski definition) is 5. The lowest BCUT2D eigenvalue weighted by atomic mass is 10.2. The Morgan fingerprint density at radius 3 is 2.81 bits per heavy atom. The zero-order valence-corrected chi connectivity index (χ0v) is 13.8. The number of aromatic nitrogens is 2. The Kier molecular flexibility index (Phi) is 7.87. The molecule has 7 nitrogen and oxygen atoms in total. The highest BCUT2D eigenvalue weighted by Gasteiger charge is 2.15. The molecule has 1 heterocycles. The zero-order chi connectivity index (χ0) is 15.7. The van der Waals surface area contributed by atoms with Gasteiger partial charge >= 0.3 is 0 Å². The van der Waals surface area contributed by atoms with E-state index >= 15 is 0 Å². The highest BCUT2D eigenvalue weighted by molar-refractivity contribution is 7.89. The fraction of sp³-hybridized carbons (Fsp3) is 0.769. The first-order valence-corrected chi connectivity index (χ1v) is 8.74. The normalized spacial score (nSPS) is 12.2. The number of nitrogens with one attached hydrogen (secondary N) is 2. The van der Waals surface area contributed by atoms with Crippen LogP contribution in [0.5, 0.6) is 0 Å². The molecule has 1 aromatic rings. The molecule has 8 heteroatoms. The summed E-state index contributed by atoms with van der Waals surface area (Å²) in [6, 6.07) is 0. The van der Waals surface area contributed by atoms with Crippen molar-refractivity contribution < 1.29 is 13.2 Å². The van der Waals surface area contributed by atoms with E-state index in [1.807, 2.05) is 20.8 Å². The molecule has 0 aliphatic heterocycles. The SMILES string of the molecule is CCNCCn1cc(S(=O)(=O)NCCOCC(C)C)cn1. The summed E-state index contributed by atoms with van der Waals surface area (Å²) in [5.41, 5.74) is 0. The van der Waals surface area contributed by atoms with Gasteiger partial charge in [0.05, 0.1) is 19.3 Å². The molecular weight excluding hydrogens is 292 g/mol. The molecule has 1 aromatic heterocycles. The number of nitrogens with zero attached hydrogens (tertiary/aromatic N) is 2. The summed E-state index contributed by atoms with van der Waals surface area (Å²) >= 11 is 0. The smallest absolute Gasteiger partial charge is 0.243 e. The molecule has 0 saturated carbocycles. The van der Waals surface area contributed by atoms with Crippen molar-refractivity contribution in [3.8, 4) is 0 Å². The van der Waals surface area contributed by atoms with E-state index in [0.29, 0.717) is 25.7 Å². The molecule has 1 rings (SSSR count). The van der Waals surface area contributed by atoms with Gasteiger partial charge in [0, 0.05) is 25.9 Å². The van der Waals surface area contributed by atoms with Gasteiger partial charge in [0.25, 0.3) is 0 Å². The summed E-state index contributed by atoms with van der Waals surface area (Å²) in [5.74, 6) is 0.441. The van der Waals surface area contributed by atoms with Crippen LogP contribution in [0.2, 0.25) is 0 Å².